The zero-order chi connectivity index (χ0) is 23.8. The number of hydrogen-bond donors (Lipinski definition) is 1. The molecule has 180 valence electrons. The number of carboxylic acid groups (broad SMARTS) is 1. The van der Waals surface area contributed by atoms with Crippen molar-refractivity contribution in [1.29, 1.82) is 0 Å². The molecular formula is C25H31N5O4. The molecule has 0 bridgehead atoms. The van der Waals surface area contributed by atoms with Crippen LogP contribution in [0.1, 0.15) is 37.3 Å². The summed E-state index contributed by atoms with van der Waals surface area (Å²) in [4.78, 5) is 22.7. The van der Waals surface area contributed by atoms with E-state index in [1.807, 2.05) is 35.5 Å². The average molecular weight is 466 g/mol. The van der Waals surface area contributed by atoms with Gasteiger partial charge >= 0.3 is 5.97 Å². The van der Waals surface area contributed by atoms with Gasteiger partial charge in [-0.15, -0.1) is 0 Å². The van der Waals surface area contributed by atoms with Crippen LogP contribution < -0.4 is 5.01 Å². The van der Waals surface area contributed by atoms with E-state index >= 15 is 0 Å². The fourth-order valence-electron chi connectivity index (χ4n) is 4.18. The van der Waals surface area contributed by atoms with E-state index in [2.05, 4.69) is 39.2 Å². The summed E-state index contributed by atoms with van der Waals surface area (Å²) < 4.78 is 5.41. The second-order valence-electron chi connectivity index (χ2n) is 8.46. The monoisotopic (exact) mass is 465 g/mol. The van der Waals surface area contributed by atoms with Gasteiger partial charge in [-0.1, -0.05) is 29.4 Å². The predicted octanol–water partition coefficient (Wildman–Crippen LogP) is 3.00. The molecule has 1 aromatic heterocycles. The summed E-state index contributed by atoms with van der Waals surface area (Å²) in [5, 5.41) is 19.6. The number of benzene rings is 1. The fraction of sp³-hybridized carbons (Fsp3) is 0.440. The molecule has 34 heavy (non-hydrogen) atoms. The van der Waals surface area contributed by atoms with Crippen LogP contribution in [0.15, 0.2) is 59.0 Å². The van der Waals surface area contributed by atoms with Gasteiger partial charge in [0.15, 0.2) is 0 Å². The third kappa shape index (κ3) is 6.61. The van der Waals surface area contributed by atoms with Crippen molar-refractivity contribution in [1.82, 2.24) is 9.88 Å². The van der Waals surface area contributed by atoms with Crippen LogP contribution in [0.25, 0.3) is 0 Å². The number of carboxylic acids is 1. The Labute approximate surface area is 199 Å². The molecule has 9 heteroatoms. The normalized spacial score (nSPS) is 19.2. The van der Waals surface area contributed by atoms with Crippen LogP contribution in [0.4, 0.5) is 5.69 Å². The van der Waals surface area contributed by atoms with Gasteiger partial charge in [-0.3, -0.25) is 14.9 Å². The summed E-state index contributed by atoms with van der Waals surface area (Å²) in [5.74, 6) is -0.917. The number of piperidine rings is 1. The molecule has 1 unspecified atom stereocenters. The maximum atomic E-state index is 10.7. The average Bonchev–Trinajstić information content (AvgIpc) is 3.33. The first-order chi connectivity index (χ1) is 16.6. The number of hydrazone groups is 1. The number of likely N-dealkylation sites (tertiary alicyclic amines) is 1. The first-order valence-corrected chi connectivity index (χ1v) is 11.7. The first-order valence-electron chi connectivity index (χ1n) is 11.7. The molecule has 2 aromatic rings. The Hall–Kier alpha value is -3.30. The Morgan fingerprint density at radius 3 is 2.65 bits per heavy atom. The summed E-state index contributed by atoms with van der Waals surface area (Å²) in [5.41, 5.74) is 4.04. The van der Waals surface area contributed by atoms with Crippen LogP contribution >= 0.6 is 0 Å². The lowest BCUT2D eigenvalue weighted by molar-refractivity contribution is -0.145. The number of hydrogen-bond acceptors (Lipinski definition) is 8. The standard InChI is InChI=1S/C25H31N5O4/c1-2-30(21-7-11-26-12-8-21)27-16-19-3-5-20(6-4-19)24-15-23(34-28-24)17-29-13-9-22(10-14-29)33-18-25(31)32/h3-8,11-12,16,22-23H,2,9-10,13-15,17-18H2,1H3,(H,31,32)/b27-16+. The molecule has 3 heterocycles. The maximum absolute atomic E-state index is 10.7. The third-order valence-corrected chi connectivity index (χ3v) is 6.02. The van der Waals surface area contributed by atoms with Crippen molar-refractivity contribution in [3.05, 3.63) is 59.9 Å². The number of pyridine rings is 1. The van der Waals surface area contributed by atoms with Gasteiger partial charge < -0.3 is 14.7 Å². The summed E-state index contributed by atoms with van der Waals surface area (Å²) >= 11 is 0. The number of rotatable bonds is 10. The number of oxime groups is 1. The number of aromatic nitrogens is 1. The van der Waals surface area contributed by atoms with Crippen molar-refractivity contribution < 1.29 is 19.5 Å². The summed E-state index contributed by atoms with van der Waals surface area (Å²) in [7, 11) is 0. The summed E-state index contributed by atoms with van der Waals surface area (Å²) in [6.45, 7) is 5.17. The topological polar surface area (TPSA) is 99.8 Å². The minimum Gasteiger partial charge on any atom is -0.480 e. The molecule has 1 atom stereocenters. The van der Waals surface area contributed by atoms with Crippen molar-refractivity contribution in [2.24, 2.45) is 10.3 Å². The van der Waals surface area contributed by atoms with Gasteiger partial charge in [0.2, 0.25) is 0 Å². The Kier molecular flexibility index (Phi) is 8.21. The molecule has 1 saturated heterocycles. The van der Waals surface area contributed by atoms with Crippen LogP contribution in [-0.4, -0.2) is 77.9 Å². The second kappa shape index (κ2) is 11.7. The number of nitrogens with zero attached hydrogens (tertiary/aromatic N) is 5. The highest BCUT2D eigenvalue weighted by Gasteiger charge is 2.27. The molecule has 4 rings (SSSR count). The lowest BCUT2D eigenvalue weighted by Gasteiger charge is -2.32. The molecule has 1 fully saturated rings. The van der Waals surface area contributed by atoms with Gasteiger partial charge in [-0.2, -0.15) is 5.10 Å². The molecule has 0 spiro atoms. The van der Waals surface area contributed by atoms with Crippen molar-refractivity contribution in [2.75, 3.05) is 37.8 Å². The SMILES string of the molecule is CCN(/N=C/c1ccc(C2=NOC(CN3CCC(OCC(=O)O)CC3)C2)cc1)c1ccncc1. The quantitative estimate of drug-likeness (QED) is 0.425. The summed E-state index contributed by atoms with van der Waals surface area (Å²) in [6, 6.07) is 12.1. The van der Waals surface area contributed by atoms with E-state index in [0.29, 0.717) is 0 Å². The molecule has 0 radical (unpaired) electrons. The second-order valence-corrected chi connectivity index (χ2v) is 8.46. The van der Waals surface area contributed by atoms with Gasteiger partial charge in [-0.25, -0.2) is 4.79 Å². The Balaban J connectivity index is 1.24. The Bertz CT molecular complexity index is 988. The highest BCUT2D eigenvalue weighted by molar-refractivity contribution is 6.01. The minimum atomic E-state index is -0.917. The van der Waals surface area contributed by atoms with Crippen molar-refractivity contribution in [3.63, 3.8) is 0 Å². The van der Waals surface area contributed by atoms with E-state index in [1.54, 1.807) is 12.4 Å². The number of aliphatic carboxylic acids is 1. The molecule has 1 N–H and O–H groups in total. The molecule has 0 amide bonds. The molecule has 2 aliphatic heterocycles. The van der Waals surface area contributed by atoms with E-state index in [1.165, 1.54) is 0 Å². The van der Waals surface area contributed by atoms with E-state index in [4.69, 9.17) is 14.7 Å². The molecule has 0 aliphatic carbocycles. The van der Waals surface area contributed by atoms with Crippen LogP contribution in [0.2, 0.25) is 0 Å². The number of ether oxygens (including phenoxy) is 1. The predicted molar refractivity (Wildman–Crippen MR) is 130 cm³/mol. The smallest absolute Gasteiger partial charge is 0.329 e. The van der Waals surface area contributed by atoms with Crippen LogP contribution in [0.5, 0.6) is 0 Å². The van der Waals surface area contributed by atoms with Gasteiger partial charge in [-0.05, 0) is 43.0 Å². The van der Waals surface area contributed by atoms with E-state index < -0.39 is 5.97 Å². The molecule has 1 aromatic carbocycles. The van der Waals surface area contributed by atoms with E-state index in [-0.39, 0.29) is 18.8 Å². The Morgan fingerprint density at radius 1 is 1.24 bits per heavy atom. The van der Waals surface area contributed by atoms with Crippen molar-refractivity contribution >= 4 is 23.6 Å². The molecule has 9 nitrogen and oxygen atoms in total. The Morgan fingerprint density at radius 2 is 1.97 bits per heavy atom. The van der Waals surface area contributed by atoms with Gasteiger partial charge in [0, 0.05) is 45.0 Å². The lowest BCUT2D eigenvalue weighted by Crippen LogP contribution is -2.41. The zero-order valence-corrected chi connectivity index (χ0v) is 19.4. The zero-order valence-electron chi connectivity index (χ0n) is 19.4. The first kappa shape index (κ1) is 23.8. The third-order valence-electron chi connectivity index (χ3n) is 6.02. The van der Waals surface area contributed by atoms with E-state index in [9.17, 15) is 4.79 Å². The molecular weight excluding hydrogens is 434 g/mol. The lowest BCUT2D eigenvalue weighted by atomic mass is 10.0. The molecule has 2 aliphatic rings. The van der Waals surface area contributed by atoms with Crippen molar-refractivity contribution in [2.45, 2.75) is 38.4 Å². The highest BCUT2D eigenvalue weighted by atomic mass is 16.6. The fourth-order valence-corrected chi connectivity index (χ4v) is 4.18. The van der Waals surface area contributed by atoms with Gasteiger partial charge in [0.1, 0.15) is 12.7 Å². The van der Waals surface area contributed by atoms with E-state index in [0.717, 1.165) is 68.0 Å². The summed E-state index contributed by atoms with van der Waals surface area (Å²) in [6.07, 6.45) is 7.89. The number of anilines is 1. The highest BCUT2D eigenvalue weighted by Crippen LogP contribution is 2.21. The van der Waals surface area contributed by atoms with Crippen LogP contribution in [0.3, 0.4) is 0 Å². The van der Waals surface area contributed by atoms with Crippen LogP contribution in [0, 0.1) is 0 Å². The minimum absolute atomic E-state index is 0.0276. The largest absolute Gasteiger partial charge is 0.480 e. The maximum Gasteiger partial charge on any atom is 0.329 e. The molecule has 0 saturated carbocycles. The van der Waals surface area contributed by atoms with Crippen molar-refractivity contribution in [3.8, 4) is 0 Å². The van der Waals surface area contributed by atoms with Gasteiger partial charge in [0.05, 0.1) is 23.7 Å². The van der Waals surface area contributed by atoms with Crippen LogP contribution in [-0.2, 0) is 14.4 Å². The number of carbonyl (C=O) groups is 1. The van der Waals surface area contributed by atoms with Gasteiger partial charge in [0.25, 0.3) is 0 Å².